The molecule has 2 aliphatic rings. The molecule has 1 aromatic carbocycles. The average Bonchev–Trinajstić information content (AvgIpc) is 3.32. The third-order valence-corrected chi connectivity index (χ3v) is 6.60. The molecule has 0 saturated heterocycles. The molecule has 4 rings (SSSR count). The number of carbonyl (C=O) groups excluding carboxylic acids is 1. The molecule has 0 bridgehead atoms. The van der Waals surface area contributed by atoms with Gasteiger partial charge in [-0.25, -0.2) is 17.9 Å². The summed E-state index contributed by atoms with van der Waals surface area (Å²) in [7, 11) is -4.05. The Bertz CT molecular complexity index is 995. The van der Waals surface area contributed by atoms with Crippen molar-refractivity contribution in [1.29, 1.82) is 0 Å². The van der Waals surface area contributed by atoms with Gasteiger partial charge in [-0.2, -0.15) is 5.10 Å². The third kappa shape index (κ3) is 3.64. The second-order valence-corrected chi connectivity index (χ2v) is 9.22. The van der Waals surface area contributed by atoms with Gasteiger partial charge in [0, 0.05) is 11.9 Å². The number of nitrogens with zero attached hydrogens (tertiary/aromatic N) is 2. The van der Waals surface area contributed by atoms with Crippen LogP contribution < -0.4 is 10.0 Å². The van der Waals surface area contributed by atoms with Crippen molar-refractivity contribution < 1.29 is 18.3 Å². The van der Waals surface area contributed by atoms with Crippen LogP contribution in [0, 0.1) is 0 Å². The van der Waals surface area contributed by atoms with E-state index in [4.69, 9.17) is 0 Å². The van der Waals surface area contributed by atoms with E-state index in [1.54, 1.807) is 6.92 Å². The van der Waals surface area contributed by atoms with E-state index >= 15 is 0 Å². The smallest absolute Gasteiger partial charge is 0.333 e. The van der Waals surface area contributed by atoms with Crippen molar-refractivity contribution in [3.8, 4) is 0 Å². The molecule has 1 atom stereocenters. The number of anilines is 1. The van der Waals surface area contributed by atoms with Crippen LogP contribution in [0.5, 0.6) is 0 Å². The van der Waals surface area contributed by atoms with Gasteiger partial charge in [0.2, 0.25) is 0 Å². The van der Waals surface area contributed by atoms with E-state index in [9.17, 15) is 18.3 Å². The summed E-state index contributed by atoms with van der Waals surface area (Å²) >= 11 is 0. The number of aliphatic hydroxyl groups is 1. The van der Waals surface area contributed by atoms with Gasteiger partial charge in [-0.15, -0.1) is 0 Å². The minimum absolute atomic E-state index is 0.119. The molecular weight excluding hydrogens is 380 g/mol. The summed E-state index contributed by atoms with van der Waals surface area (Å²) in [5.41, 5.74) is 5.59. The highest BCUT2D eigenvalue weighted by Gasteiger charge is 2.26. The van der Waals surface area contributed by atoms with Gasteiger partial charge in [-0.05, 0) is 67.7 Å². The molecular formula is C19H24N4O4S. The van der Waals surface area contributed by atoms with Gasteiger partial charge in [0.05, 0.1) is 18.8 Å². The summed E-state index contributed by atoms with van der Waals surface area (Å²) in [5, 5.41) is 16.1. The predicted molar refractivity (Wildman–Crippen MR) is 104 cm³/mol. The highest BCUT2D eigenvalue weighted by molar-refractivity contribution is 7.90. The minimum Gasteiger partial charge on any atom is -0.391 e. The fourth-order valence-electron chi connectivity index (χ4n) is 4.14. The van der Waals surface area contributed by atoms with E-state index in [2.05, 4.69) is 21.2 Å². The maximum Gasteiger partial charge on any atom is 0.333 e. The Balaban J connectivity index is 1.53. The summed E-state index contributed by atoms with van der Waals surface area (Å²) in [6.07, 6.45) is 7.70. The lowest BCUT2D eigenvalue weighted by Gasteiger charge is -2.16. The van der Waals surface area contributed by atoms with Gasteiger partial charge in [0.1, 0.15) is 4.90 Å². The minimum atomic E-state index is -4.05. The second kappa shape index (κ2) is 7.21. The van der Waals surface area contributed by atoms with E-state index < -0.39 is 22.2 Å². The zero-order valence-electron chi connectivity index (χ0n) is 15.7. The lowest BCUT2D eigenvalue weighted by atomic mass is 9.99. The third-order valence-electron chi connectivity index (χ3n) is 5.31. The molecule has 1 heterocycles. The molecule has 0 fully saturated rings. The highest BCUT2D eigenvalue weighted by Crippen LogP contribution is 2.38. The summed E-state index contributed by atoms with van der Waals surface area (Å²) in [5.74, 6) is 0. The Labute approximate surface area is 164 Å². The van der Waals surface area contributed by atoms with Crippen LogP contribution in [0.15, 0.2) is 23.4 Å². The number of sulfonamides is 1. The molecule has 1 aromatic heterocycles. The maximum atomic E-state index is 12.5. The second-order valence-electron chi connectivity index (χ2n) is 7.54. The molecule has 0 unspecified atom stereocenters. The van der Waals surface area contributed by atoms with Crippen LogP contribution in [0.25, 0.3) is 0 Å². The summed E-state index contributed by atoms with van der Waals surface area (Å²) in [6.45, 7) is 1.75. The molecule has 0 radical (unpaired) electrons. The van der Waals surface area contributed by atoms with Crippen molar-refractivity contribution in [2.75, 3.05) is 5.32 Å². The molecule has 0 aliphatic heterocycles. The lowest BCUT2D eigenvalue weighted by molar-refractivity contribution is 0.168. The van der Waals surface area contributed by atoms with Crippen molar-refractivity contribution in [2.24, 2.45) is 0 Å². The number of hydrogen-bond donors (Lipinski definition) is 3. The van der Waals surface area contributed by atoms with Crippen molar-refractivity contribution in [1.82, 2.24) is 14.5 Å². The van der Waals surface area contributed by atoms with E-state index in [0.717, 1.165) is 61.5 Å². The Morgan fingerprint density at radius 1 is 1.21 bits per heavy atom. The zero-order chi connectivity index (χ0) is 19.9. The summed E-state index contributed by atoms with van der Waals surface area (Å²) in [4.78, 5) is 12.4. The van der Waals surface area contributed by atoms with Gasteiger partial charge in [-0.1, -0.05) is 6.07 Å². The van der Waals surface area contributed by atoms with E-state index in [-0.39, 0.29) is 11.4 Å². The van der Waals surface area contributed by atoms with Gasteiger partial charge in [-0.3, -0.25) is 4.68 Å². The lowest BCUT2D eigenvalue weighted by Crippen LogP contribution is -2.34. The molecule has 2 amide bonds. The van der Waals surface area contributed by atoms with Crippen molar-refractivity contribution in [3.63, 3.8) is 0 Å². The summed E-state index contributed by atoms with van der Waals surface area (Å²) in [6, 6.07) is 1.48. The number of nitrogens with one attached hydrogen (secondary N) is 2. The van der Waals surface area contributed by atoms with Gasteiger partial charge in [0.15, 0.2) is 0 Å². The fourth-order valence-corrected chi connectivity index (χ4v) is 5.00. The molecule has 0 saturated carbocycles. The van der Waals surface area contributed by atoms with E-state index in [1.807, 2.05) is 0 Å². The van der Waals surface area contributed by atoms with Crippen LogP contribution in [0.3, 0.4) is 0 Å². The van der Waals surface area contributed by atoms with Crippen LogP contribution in [0.2, 0.25) is 0 Å². The van der Waals surface area contributed by atoms with E-state index in [0.29, 0.717) is 0 Å². The first kappa shape index (κ1) is 18.9. The molecule has 28 heavy (non-hydrogen) atoms. The highest BCUT2D eigenvalue weighted by atomic mass is 32.2. The van der Waals surface area contributed by atoms with Crippen LogP contribution in [-0.4, -0.2) is 35.4 Å². The van der Waals surface area contributed by atoms with Crippen molar-refractivity contribution >= 4 is 21.7 Å². The topological polar surface area (TPSA) is 113 Å². The Morgan fingerprint density at radius 3 is 2.46 bits per heavy atom. The number of carbonyl (C=O) groups is 1. The van der Waals surface area contributed by atoms with Crippen LogP contribution >= 0.6 is 0 Å². The van der Waals surface area contributed by atoms with Crippen LogP contribution in [0.4, 0.5) is 10.5 Å². The first-order valence-electron chi connectivity index (χ1n) is 9.54. The predicted octanol–water partition coefficient (Wildman–Crippen LogP) is 1.75. The quantitative estimate of drug-likeness (QED) is 0.703. The van der Waals surface area contributed by atoms with Gasteiger partial charge >= 0.3 is 6.03 Å². The zero-order valence-corrected chi connectivity index (χ0v) is 16.6. The number of rotatable bonds is 5. The number of amides is 2. The average molecular weight is 404 g/mol. The molecule has 8 nitrogen and oxygen atoms in total. The van der Waals surface area contributed by atoms with Gasteiger partial charge < -0.3 is 10.4 Å². The largest absolute Gasteiger partial charge is 0.391 e. The normalized spacial score (nSPS) is 16.5. The first-order chi connectivity index (χ1) is 13.3. The Kier molecular flexibility index (Phi) is 4.88. The number of aryl methyl sites for hydroxylation is 2. The molecule has 2 aromatic rings. The monoisotopic (exact) mass is 404 g/mol. The Morgan fingerprint density at radius 2 is 1.86 bits per heavy atom. The van der Waals surface area contributed by atoms with Crippen molar-refractivity contribution in [3.05, 3.63) is 40.7 Å². The number of hydrogen-bond acceptors (Lipinski definition) is 5. The molecule has 2 aliphatic carbocycles. The molecule has 150 valence electrons. The SMILES string of the molecule is C[C@@H](O)Cn1cc(S(=O)(=O)NC(=O)Nc2c3c(cc4c2CCC4)CCC3)cn1. The van der Waals surface area contributed by atoms with Crippen molar-refractivity contribution in [2.45, 2.75) is 63.0 Å². The van der Waals surface area contributed by atoms with Crippen LogP contribution in [0.1, 0.15) is 42.0 Å². The maximum absolute atomic E-state index is 12.5. The molecule has 3 N–H and O–H groups in total. The van der Waals surface area contributed by atoms with Crippen LogP contribution in [-0.2, 0) is 42.3 Å². The number of fused-ring (bicyclic) bond motifs is 2. The fraction of sp³-hybridized carbons (Fsp3) is 0.474. The van der Waals surface area contributed by atoms with Gasteiger partial charge in [0.25, 0.3) is 10.0 Å². The first-order valence-corrected chi connectivity index (χ1v) is 11.0. The molecule has 0 spiro atoms. The molecule has 9 heteroatoms. The number of benzene rings is 1. The number of aliphatic hydroxyl groups excluding tert-OH is 1. The summed E-state index contributed by atoms with van der Waals surface area (Å²) < 4.78 is 28.4. The van der Waals surface area contributed by atoms with E-state index in [1.165, 1.54) is 22.0 Å². The Hall–Kier alpha value is -2.39. The standard InChI is InChI=1S/C19H24N4O4S/c1-12(24)10-23-11-15(9-20-23)28(26,27)22-19(25)21-18-16-6-2-4-13(16)8-14-5-3-7-17(14)18/h8-9,11-12,24H,2-7,10H2,1H3,(H2,21,22,25)/t12-/m1/s1. The number of urea groups is 1. The number of aromatic nitrogens is 2.